The molecule has 1 aliphatic heterocycles. The molecule has 1 fully saturated rings. The lowest BCUT2D eigenvalue weighted by Gasteiger charge is -2.27. The third-order valence-corrected chi connectivity index (χ3v) is 6.31. The van der Waals surface area contributed by atoms with Gasteiger partial charge in [0.05, 0.1) is 18.1 Å². The molecule has 0 aliphatic carbocycles. The Morgan fingerprint density at radius 2 is 1.85 bits per heavy atom. The van der Waals surface area contributed by atoms with E-state index in [1.54, 1.807) is 6.07 Å². The molecule has 0 spiro atoms. The molecule has 1 aromatic carbocycles. The average Bonchev–Trinajstić information content (AvgIpc) is 2.42. The Hall–Kier alpha value is -0.430. The topological polar surface area (TPSA) is 46.6 Å². The summed E-state index contributed by atoms with van der Waals surface area (Å²) in [7, 11) is -3.44. The average molecular weight is 362 g/mol. The van der Waals surface area contributed by atoms with Gasteiger partial charge in [-0.05, 0) is 36.1 Å². The highest BCUT2D eigenvalue weighted by Gasteiger charge is 2.29. The van der Waals surface area contributed by atoms with Gasteiger partial charge >= 0.3 is 0 Å². The fourth-order valence-corrected chi connectivity index (χ4v) is 4.46. The predicted molar refractivity (Wildman–Crippen MR) is 82.5 cm³/mol. The predicted octanol–water partition coefficient (Wildman–Crippen LogP) is 2.90. The first kappa shape index (κ1) is 15.9. The number of aryl methyl sites for hydroxylation is 1. The molecule has 6 heteroatoms. The standard InChI is InChI=1S/C14H20BrNO3S/c1-10(2)12-9-13(15)11(3)8-14(12)20(17,18)16-4-6-19-7-5-16/h8-10H,4-7H2,1-3H3. The Morgan fingerprint density at radius 1 is 1.25 bits per heavy atom. The van der Waals surface area contributed by atoms with E-state index in [1.807, 2.05) is 26.8 Å². The largest absolute Gasteiger partial charge is 0.379 e. The number of hydrogen-bond acceptors (Lipinski definition) is 3. The van der Waals surface area contributed by atoms with Crippen LogP contribution in [0.2, 0.25) is 0 Å². The molecule has 2 rings (SSSR count). The normalized spacial score (nSPS) is 17.6. The summed E-state index contributed by atoms with van der Waals surface area (Å²) in [6, 6.07) is 3.69. The van der Waals surface area contributed by atoms with E-state index in [1.165, 1.54) is 4.31 Å². The van der Waals surface area contributed by atoms with E-state index in [-0.39, 0.29) is 5.92 Å². The van der Waals surface area contributed by atoms with Crippen molar-refractivity contribution in [2.75, 3.05) is 26.3 Å². The minimum Gasteiger partial charge on any atom is -0.379 e. The van der Waals surface area contributed by atoms with Crippen LogP contribution in [0.1, 0.15) is 30.9 Å². The number of halogens is 1. The van der Waals surface area contributed by atoms with Crippen molar-refractivity contribution in [3.05, 3.63) is 27.7 Å². The van der Waals surface area contributed by atoms with E-state index in [2.05, 4.69) is 15.9 Å². The molecule has 1 aliphatic rings. The van der Waals surface area contributed by atoms with E-state index < -0.39 is 10.0 Å². The van der Waals surface area contributed by atoms with E-state index >= 15 is 0 Å². The highest BCUT2D eigenvalue weighted by atomic mass is 79.9. The zero-order chi connectivity index (χ0) is 14.9. The van der Waals surface area contributed by atoms with Crippen molar-refractivity contribution >= 4 is 26.0 Å². The molecular formula is C14H20BrNO3S. The van der Waals surface area contributed by atoms with E-state index in [4.69, 9.17) is 4.74 Å². The molecule has 0 aromatic heterocycles. The molecule has 1 saturated heterocycles. The number of rotatable bonds is 3. The first-order chi connectivity index (χ1) is 9.34. The van der Waals surface area contributed by atoms with Crippen molar-refractivity contribution in [1.82, 2.24) is 4.31 Å². The highest BCUT2D eigenvalue weighted by molar-refractivity contribution is 9.10. The van der Waals surface area contributed by atoms with Crippen LogP contribution in [-0.2, 0) is 14.8 Å². The Morgan fingerprint density at radius 3 is 2.40 bits per heavy atom. The van der Waals surface area contributed by atoms with Gasteiger partial charge in [0.1, 0.15) is 0 Å². The molecule has 0 N–H and O–H groups in total. The van der Waals surface area contributed by atoms with Gasteiger partial charge in [-0.1, -0.05) is 29.8 Å². The van der Waals surface area contributed by atoms with Gasteiger partial charge in [-0.25, -0.2) is 8.42 Å². The van der Waals surface area contributed by atoms with Crippen LogP contribution in [-0.4, -0.2) is 39.0 Å². The van der Waals surface area contributed by atoms with Gasteiger partial charge in [0.25, 0.3) is 0 Å². The van der Waals surface area contributed by atoms with Gasteiger partial charge in [-0.3, -0.25) is 0 Å². The number of ether oxygens (including phenoxy) is 1. The number of sulfonamides is 1. The third-order valence-electron chi connectivity index (χ3n) is 3.50. The summed E-state index contributed by atoms with van der Waals surface area (Å²) in [4.78, 5) is 0.426. The molecule has 0 radical (unpaired) electrons. The van der Waals surface area contributed by atoms with Crippen molar-refractivity contribution in [1.29, 1.82) is 0 Å². The minimum absolute atomic E-state index is 0.151. The van der Waals surface area contributed by atoms with Crippen molar-refractivity contribution in [3.63, 3.8) is 0 Å². The first-order valence-corrected chi connectivity index (χ1v) is 8.95. The van der Waals surface area contributed by atoms with Crippen LogP contribution in [0.15, 0.2) is 21.5 Å². The molecule has 4 nitrogen and oxygen atoms in total. The highest BCUT2D eigenvalue weighted by Crippen LogP contribution is 2.31. The lowest BCUT2D eigenvalue weighted by Crippen LogP contribution is -2.41. The Kier molecular flexibility index (Phi) is 4.89. The Labute approximate surface area is 129 Å². The number of morpholine rings is 1. The zero-order valence-electron chi connectivity index (χ0n) is 12.0. The number of nitrogens with zero attached hydrogens (tertiary/aromatic N) is 1. The lowest BCUT2D eigenvalue weighted by molar-refractivity contribution is 0.0730. The van der Waals surface area contributed by atoms with Gasteiger partial charge in [-0.15, -0.1) is 0 Å². The second kappa shape index (κ2) is 6.13. The summed E-state index contributed by atoms with van der Waals surface area (Å²) in [5.41, 5.74) is 1.79. The summed E-state index contributed by atoms with van der Waals surface area (Å²) in [6.45, 7) is 7.71. The van der Waals surface area contributed by atoms with E-state index in [9.17, 15) is 8.42 Å². The Balaban J connectivity index is 2.52. The van der Waals surface area contributed by atoms with E-state index in [0.717, 1.165) is 15.6 Å². The molecule has 0 amide bonds. The number of hydrogen-bond donors (Lipinski definition) is 0. The van der Waals surface area contributed by atoms with Gasteiger partial charge in [0.15, 0.2) is 0 Å². The minimum atomic E-state index is -3.44. The summed E-state index contributed by atoms with van der Waals surface area (Å²) in [5, 5.41) is 0. The van der Waals surface area contributed by atoms with Crippen LogP contribution in [0, 0.1) is 6.92 Å². The van der Waals surface area contributed by atoms with Crippen LogP contribution < -0.4 is 0 Å². The first-order valence-electron chi connectivity index (χ1n) is 6.72. The summed E-state index contributed by atoms with van der Waals surface area (Å²) in [6.07, 6.45) is 0. The quantitative estimate of drug-likeness (QED) is 0.831. The van der Waals surface area contributed by atoms with Crippen LogP contribution in [0.3, 0.4) is 0 Å². The van der Waals surface area contributed by atoms with Crippen LogP contribution in [0.25, 0.3) is 0 Å². The van der Waals surface area contributed by atoms with Crippen LogP contribution >= 0.6 is 15.9 Å². The lowest BCUT2D eigenvalue weighted by atomic mass is 10.0. The molecule has 0 saturated carbocycles. The molecule has 0 atom stereocenters. The fourth-order valence-electron chi connectivity index (χ4n) is 2.27. The van der Waals surface area contributed by atoms with E-state index in [0.29, 0.717) is 31.2 Å². The SMILES string of the molecule is Cc1cc(S(=O)(=O)N2CCOCC2)c(C(C)C)cc1Br. The molecule has 112 valence electrons. The van der Waals surface area contributed by atoms with Gasteiger partial charge < -0.3 is 4.74 Å². The zero-order valence-corrected chi connectivity index (χ0v) is 14.4. The van der Waals surface area contributed by atoms with Gasteiger partial charge in [0, 0.05) is 17.6 Å². The Bertz CT molecular complexity index is 593. The maximum atomic E-state index is 12.8. The molecule has 20 heavy (non-hydrogen) atoms. The maximum absolute atomic E-state index is 12.8. The van der Waals surface area contributed by atoms with Crippen molar-refractivity contribution in [2.24, 2.45) is 0 Å². The van der Waals surface area contributed by atoms with Gasteiger partial charge in [-0.2, -0.15) is 4.31 Å². The molecule has 0 bridgehead atoms. The van der Waals surface area contributed by atoms with Crippen LogP contribution in [0.4, 0.5) is 0 Å². The van der Waals surface area contributed by atoms with Crippen molar-refractivity contribution in [3.8, 4) is 0 Å². The maximum Gasteiger partial charge on any atom is 0.243 e. The molecular weight excluding hydrogens is 342 g/mol. The molecule has 1 aromatic rings. The van der Waals surface area contributed by atoms with Crippen LogP contribution in [0.5, 0.6) is 0 Å². The smallest absolute Gasteiger partial charge is 0.243 e. The summed E-state index contributed by atoms with van der Waals surface area (Å²) in [5.74, 6) is 0.151. The number of benzene rings is 1. The molecule has 1 heterocycles. The summed E-state index contributed by atoms with van der Waals surface area (Å²) < 4.78 is 33.4. The monoisotopic (exact) mass is 361 g/mol. The molecule has 0 unspecified atom stereocenters. The fraction of sp³-hybridized carbons (Fsp3) is 0.571. The third kappa shape index (κ3) is 3.08. The van der Waals surface area contributed by atoms with Crippen molar-refractivity contribution < 1.29 is 13.2 Å². The second-order valence-corrected chi connectivity index (χ2v) is 8.07. The summed E-state index contributed by atoms with van der Waals surface area (Å²) >= 11 is 3.48. The van der Waals surface area contributed by atoms with Crippen molar-refractivity contribution in [2.45, 2.75) is 31.6 Å². The van der Waals surface area contributed by atoms with Gasteiger partial charge in [0.2, 0.25) is 10.0 Å². The second-order valence-electron chi connectivity index (χ2n) is 5.31.